The second-order valence-electron chi connectivity index (χ2n) is 4.11. The molecule has 0 aromatic heterocycles. The Morgan fingerprint density at radius 1 is 1.10 bits per heavy atom. The Hall–Kier alpha value is -2.59. The van der Waals surface area contributed by atoms with E-state index >= 15 is 0 Å². The first-order valence-electron chi connectivity index (χ1n) is 6.04. The lowest BCUT2D eigenvalue weighted by Crippen LogP contribution is -2.08. The van der Waals surface area contributed by atoms with Crippen LogP contribution in [0.25, 0.3) is 6.08 Å². The zero-order valence-corrected chi connectivity index (χ0v) is 11.6. The summed E-state index contributed by atoms with van der Waals surface area (Å²) in [6.45, 7) is 0. The molecule has 0 spiro atoms. The number of aromatic carboxylic acids is 1. The van der Waals surface area contributed by atoms with Crippen molar-refractivity contribution in [3.8, 4) is 5.75 Å². The van der Waals surface area contributed by atoms with Gasteiger partial charge in [0.25, 0.3) is 0 Å². The third-order valence-corrected chi connectivity index (χ3v) is 2.83. The van der Waals surface area contributed by atoms with Crippen molar-refractivity contribution in [3.63, 3.8) is 0 Å². The number of carbonyl (C=O) groups excluding carboxylic acids is 1. The average molecular weight is 303 g/mol. The van der Waals surface area contributed by atoms with Gasteiger partial charge in [0.15, 0.2) is 0 Å². The van der Waals surface area contributed by atoms with Gasteiger partial charge in [-0.25, -0.2) is 9.59 Å². The van der Waals surface area contributed by atoms with E-state index in [0.717, 1.165) is 5.56 Å². The summed E-state index contributed by atoms with van der Waals surface area (Å²) in [6.07, 6.45) is 2.80. The quantitative estimate of drug-likeness (QED) is 0.532. The summed E-state index contributed by atoms with van der Waals surface area (Å²) in [6, 6.07) is 13.2. The van der Waals surface area contributed by atoms with Crippen molar-refractivity contribution in [1.82, 2.24) is 0 Å². The van der Waals surface area contributed by atoms with E-state index in [0.29, 0.717) is 0 Å². The molecule has 0 aliphatic rings. The van der Waals surface area contributed by atoms with Crippen molar-refractivity contribution in [1.29, 1.82) is 0 Å². The van der Waals surface area contributed by atoms with E-state index < -0.39 is 11.9 Å². The lowest BCUT2D eigenvalue weighted by Gasteiger charge is -2.05. The molecule has 21 heavy (non-hydrogen) atoms. The molecule has 0 saturated carbocycles. The molecule has 1 N–H and O–H groups in total. The van der Waals surface area contributed by atoms with Crippen molar-refractivity contribution < 1.29 is 19.4 Å². The Balaban J connectivity index is 2.15. The molecule has 2 aromatic carbocycles. The van der Waals surface area contributed by atoms with Gasteiger partial charge in [0.2, 0.25) is 0 Å². The Bertz CT molecular complexity index is 693. The van der Waals surface area contributed by atoms with E-state index in [9.17, 15) is 9.59 Å². The van der Waals surface area contributed by atoms with E-state index in [2.05, 4.69) is 0 Å². The smallest absolute Gasteiger partial charge is 0.339 e. The Morgan fingerprint density at radius 2 is 1.81 bits per heavy atom. The molecule has 0 atom stereocenters. The Morgan fingerprint density at radius 3 is 2.48 bits per heavy atom. The van der Waals surface area contributed by atoms with Crippen LogP contribution < -0.4 is 4.74 Å². The van der Waals surface area contributed by atoms with Crippen molar-refractivity contribution in [2.45, 2.75) is 0 Å². The summed E-state index contributed by atoms with van der Waals surface area (Å²) in [5, 5.41) is 9.31. The molecule has 4 nitrogen and oxygen atoms in total. The second-order valence-corrected chi connectivity index (χ2v) is 4.55. The molecule has 0 unspecified atom stereocenters. The fourth-order valence-electron chi connectivity index (χ4n) is 1.63. The highest BCUT2D eigenvalue weighted by Crippen LogP contribution is 2.23. The van der Waals surface area contributed by atoms with Gasteiger partial charge in [-0.1, -0.05) is 41.9 Å². The third kappa shape index (κ3) is 4.19. The van der Waals surface area contributed by atoms with Gasteiger partial charge in [0.05, 0.1) is 0 Å². The number of hydrogen-bond donors (Lipinski definition) is 1. The van der Waals surface area contributed by atoms with Crippen LogP contribution in [-0.4, -0.2) is 17.0 Å². The summed E-state index contributed by atoms with van der Waals surface area (Å²) in [4.78, 5) is 22.8. The molecule has 0 amide bonds. The maximum atomic E-state index is 11.7. The predicted molar refractivity (Wildman–Crippen MR) is 79.5 cm³/mol. The number of halogens is 1. The van der Waals surface area contributed by atoms with E-state index in [1.807, 2.05) is 30.3 Å². The minimum Gasteiger partial charge on any atom is -0.478 e. The third-order valence-electron chi connectivity index (χ3n) is 2.60. The van der Waals surface area contributed by atoms with Crippen molar-refractivity contribution in [2.75, 3.05) is 0 Å². The van der Waals surface area contributed by atoms with Gasteiger partial charge in [-0.3, -0.25) is 0 Å². The maximum Gasteiger partial charge on any atom is 0.339 e. The van der Waals surface area contributed by atoms with Crippen molar-refractivity contribution >= 4 is 29.6 Å². The van der Waals surface area contributed by atoms with Gasteiger partial charge in [-0.05, 0) is 23.8 Å². The van der Waals surface area contributed by atoms with Gasteiger partial charge in [-0.2, -0.15) is 0 Å². The lowest BCUT2D eigenvalue weighted by atomic mass is 10.2. The number of ether oxygens (including phenoxy) is 1. The number of carbonyl (C=O) groups is 2. The maximum absolute atomic E-state index is 11.7. The van der Waals surface area contributed by atoms with Gasteiger partial charge in [-0.15, -0.1) is 0 Å². The number of rotatable bonds is 4. The number of hydrogen-bond acceptors (Lipinski definition) is 3. The molecule has 0 aliphatic heterocycles. The van der Waals surface area contributed by atoms with E-state index in [-0.39, 0.29) is 16.3 Å². The SMILES string of the molecule is O=C(/C=C/c1ccccc1)Oc1cc(Cl)ccc1C(=O)O. The molecule has 5 heteroatoms. The normalized spacial score (nSPS) is 10.5. The standard InChI is InChI=1S/C16H11ClO4/c17-12-7-8-13(16(19)20)14(10-12)21-15(18)9-6-11-4-2-1-3-5-11/h1-10H,(H,19,20)/b9-6+. The molecule has 0 aliphatic carbocycles. The van der Waals surface area contributed by atoms with Crippen LogP contribution in [0.3, 0.4) is 0 Å². The van der Waals surface area contributed by atoms with Crippen molar-refractivity contribution in [2.24, 2.45) is 0 Å². The van der Waals surface area contributed by atoms with Gasteiger partial charge >= 0.3 is 11.9 Å². The zero-order valence-electron chi connectivity index (χ0n) is 10.8. The van der Waals surface area contributed by atoms with Gasteiger partial charge < -0.3 is 9.84 Å². The first-order chi connectivity index (χ1) is 10.1. The summed E-state index contributed by atoms with van der Waals surface area (Å²) in [5.74, 6) is -1.96. The summed E-state index contributed by atoms with van der Waals surface area (Å²) in [5.41, 5.74) is 0.708. The monoisotopic (exact) mass is 302 g/mol. The van der Waals surface area contributed by atoms with Crippen LogP contribution in [0, 0.1) is 0 Å². The molecule has 0 fully saturated rings. The van der Waals surface area contributed by atoms with E-state index in [1.54, 1.807) is 6.08 Å². The van der Waals surface area contributed by atoms with Crippen molar-refractivity contribution in [3.05, 3.63) is 70.8 Å². The summed E-state index contributed by atoms with van der Waals surface area (Å²) < 4.78 is 5.02. The fraction of sp³-hybridized carbons (Fsp3) is 0. The number of esters is 1. The molecule has 0 bridgehead atoms. The molecule has 0 saturated heterocycles. The molecule has 0 radical (unpaired) electrons. The first kappa shape index (κ1) is 14.8. The average Bonchev–Trinajstić information content (AvgIpc) is 2.46. The molecular formula is C16H11ClO4. The zero-order chi connectivity index (χ0) is 15.2. The highest BCUT2D eigenvalue weighted by Gasteiger charge is 2.13. The van der Waals surface area contributed by atoms with Crippen LogP contribution >= 0.6 is 11.6 Å². The second kappa shape index (κ2) is 6.72. The van der Waals surface area contributed by atoms with Crippen LogP contribution in [0.4, 0.5) is 0 Å². The van der Waals surface area contributed by atoms with Crippen LogP contribution in [0.1, 0.15) is 15.9 Å². The molecule has 2 rings (SSSR count). The molecule has 0 heterocycles. The van der Waals surface area contributed by atoms with Gasteiger partial charge in [0.1, 0.15) is 11.3 Å². The van der Waals surface area contributed by atoms with E-state index in [1.165, 1.54) is 24.3 Å². The highest BCUT2D eigenvalue weighted by molar-refractivity contribution is 6.30. The van der Waals surface area contributed by atoms with Crippen LogP contribution in [0.5, 0.6) is 5.75 Å². The van der Waals surface area contributed by atoms with Gasteiger partial charge in [0, 0.05) is 17.2 Å². The summed E-state index contributed by atoms with van der Waals surface area (Å²) >= 11 is 5.78. The minimum atomic E-state index is -1.19. The molecular weight excluding hydrogens is 292 g/mol. The molecule has 106 valence electrons. The number of carboxylic acid groups (broad SMARTS) is 1. The number of carboxylic acids is 1. The summed E-state index contributed by atoms with van der Waals surface area (Å²) in [7, 11) is 0. The number of benzene rings is 2. The Labute approximate surface area is 126 Å². The topological polar surface area (TPSA) is 63.6 Å². The Kier molecular flexibility index (Phi) is 4.74. The van der Waals surface area contributed by atoms with E-state index in [4.69, 9.17) is 21.4 Å². The largest absolute Gasteiger partial charge is 0.478 e. The highest BCUT2D eigenvalue weighted by atomic mass is 35.5. The minimum absolute atomic E-state index is 0.0855. The fourth-order valence-corrected chi connectivity index (χ4v) is 1.79. The predicted octanol–water partition coefficient (Wildman–Crippen LogP) is 3.66. The van der Waals surface area contributed by atoms with Crippen LogP contribution in [-0.2, 0) is 4.79 Å². The van der Waals surface area contributed by atoms with Crippen LogP contribution in [0.15, 0.2) is 54.6 Å². The van der Waals surface area contributed by atoms with Crippen LogP contribution in [0.2, 0.25) is 5.02 Å². The first-order valence-corrected chi connectivity index (χ1v) is 6.42. The molecule has 2 aromatic rings. The lowest BCUT2D eigenvalue weighted by molar-refractivity contribution is -0.128.